The minimum atomic E-state index is -0.476. The Labute approximate surface area is 176 Å². The van der Waals surface area contributed by atoms with Gasteiger partial charge in [-0.25, -0.2) is 4.68 Å². The quantitative estimate of drug-likeness (QED) is 0.785. The lowest BCUT2D eigenvalue weighted by Gasteiger charge is -2.35. The Morgan fingerprint density at radius 3 is 2.73 bits per heavy atom. The third-order valence-electron chi connectivity index (χ3n) is 6.85. The van der Waals surface area contributed by atoms with Gasteiger partial charge in [0.1, 0.15) is 0 Å². The van der Waals surface area contributed by atoms with Gasteiger partial charge in [-0.05, 0) is 67.6 Å². The largest absolute Gasteiger partial charge is 0.363 e. The molecule has 5 rings (SSSR count). The fraction of sp³-hybridized carbons (Fsp3) is 0.542. The number of rotatable bonds is 3. The number of carbonyl (C=O) groups is 1. The van der Waals surface area contributed by atoms with Crippen LogP contribution in [0.15, 0.2) is 35.1 Å². The maximum atomic E-state index is 13.1. The summed E-state index contributed by atoms with van der Waals surface area (Å²) in [5.74, 6) is 0.449. The van der Waals surface area contributed by atoms with Crippen LogP contribution in [-0.4, -0.2) is 40.3 Å². The van der Waals surface area contributed by atoms with Crippen molar-refractivity contribution >= 4 is 5.91 Å². The van der Waals surface area contributed by atoms with E-state index in [0.29, 0.717) is 32.2 Å². The minimum absolute atomic E-state index is 0.0152. The van der Waals surface area contributed by atoms with Gasteiger partial charge in [-0.1, -0.05) is 24.3 Å². The fourth-order valence-corrected chi connectivity index (χ4v) is 5.08. The standard InChI is InChI=1S/C24H29N3O3/c28-22-15-19-6-2-4-8-21(19)25-27(22)16-17-9-12-26(13-10-17)24(29)23-20-7-3-1-5-18(20)11-14-30-23/h1,3,5,7,15,17,23H,2,4,6,8-14,16H2. The second-order valence-corrected chi connectivity index (χ2v) is 8.81. The second kappa shape index (κ2) is 8.34. The molecule has 1 aliphatic carbocycles. The monoisotopic (exact) mass is 407 g/mol. The first kappa shape index (κ1) is 19.5. The van der Waals surface area contributed by atoms with Crippen LogP contribution in [0.3, 0.4) is 0 Å². The Hall–Kier alpha value is -2.47. The first-order chi connectivity index (χ1) is 14.7. The van der Waals surface area contributed by atoms with Gasteiger partial charge in [0, 0.05) is 25.7 Å². The number of likely N-dealkylation sites (tertiary alicyclic amines) is 1. The van der Waals surface area contributed by atoms with E-state index in [-0.39, 0.29) is 11.5 Å². The third-order valence-corrected chi connectivity index (χ3v) is 6.85. The number of amides is 1. The summed E-state index contributed by atoms with van der Waals surface area (Å²) >= 11 is 0. The van der Waals surface area contributed by atoms with E-state index < -0.39 is 6.10 Å². The van der Waals surface area contributed by atoms with Crippen molar-refractivity contribution < 1.29 is 9.53 Å². The molecular formula is C24H29N3O3. The summed E-state index contributed by atoms with van der Waals surface area (Å²) in [5.41, 5.74) is 4.48. The predicted molar refractivity (Wildman–Crippen MR) is 113 cm³/mol. The van der Waals surface area contributed by atoms with E-state index in [2.05, 4.69) is 11.2 Å². The molecular weight excluding hydrogens is 378 g/mol. The molecule has 1 aromatic heterocycles. The molecule has 1 fully saturated rings. The lowest BCUT2D eigenvalue weighted by Crippen LogP contribution is -2.43. The number of fused-ring (bicyclic) bond motifs is 2. The van der Waals surface area contributed by atoms with E-state index >= 15 is 0 Å². The zero-order valence-corrected chi connectivity index (χ0v) is 17.4. The van der Waals surface area contributed by atoms with Crippen LogP contribution in [0.1, 0.15) is 54.2 Å². The average Bonchev–Trinajstić information content (AvgIpc) is 2.79. The highest BCUT2D eigenvalue weighted by Gasteiger charge is 2.33. The van der Waals surface area contributed by atoms with Crippen molar-refractivity contribution in [2.45, 2.75) is 57.6 Å². The van der Waals surface area contributed by atoms with Crippen molar-refractivity contribution in [2.75, 3.05) is 19.7 Å². The number of piperidine rings is 1. The van der Waals surface area contributed by atoms with Gasteiger partial charge in [-0.2, -0.15) is 5.10 Å². The molecule has 0 N–H and O–H groups in total. The zero-order chi connectivity index (χ0) is 20.5. The normalized spacial score (nSPS) is 21.7. The summed E-state index contributed by atoms with van der Waals surface area (Å²) in [6.07, 6.45) is 6.44. The number of nitrogens with zero attached hydrogens (tertiary/aromatic N) is 3. The Morgan fingerprint density at radius 2 is 1.87 bits per heavy atom. The van der Waals surface area contributed by atoms with E-state index in [4.69, 9.17) is 4.74 Å². The Kier molecular flexibility index (Phi) is 5.42. The van der Waals surface area contributed by atoms with Crippen molar-refractivity contribution in [3.8, 4) is 0 Å². The molecule has 2 aromatic rings. The van der Waals surface area contributed by atoms with Gasteiger partial charge in [0.25, 0.3) is 11.5 Å². The van der Waals surface area contributed by atoms with E-state index in [1.807, 2.05) is 23.1 Å². The summed E-state index contributed by atoms with van der Waals surface area (Å²) in [6, 6.07) is 9.89. The second-order valence-electron chi connectivity index (χ2n) is 8.81. The van der Waals surface area contributed by atoms with Crippen LogP contribution in [0.2, 0.25) is 0 Å². The van der Waals surface area contributed by atoms with Crippen molar-refractivity contribution in [1.29, 1.82) is 0 Å². The molecule has 3 heterocycles. The Balaban J connectivity index is 1.22. The topological polar surface area (TPSA) is 64.4 Å². The van der Waals surface area contributed by atoms with E-state index in [1.165, 1.54) is 5.56 Å². The highest BCUT2D eigenvalue weighted by atomic mass is 16.5. The van der Waals surface area contributed by atoms with Gasteiger partial charge < -0.3 is 9.64 Å². The van der Waals surface area contributed by atoms with Gasteiger partial charge in [-0.3, -0.25) is 9.59 Å². The van der Waals surface area contributed by atoms with Crippen LogP contribution in [0.4, 0.5) is 0 Å². The van der Waals surface area contributed by atoms with Crippen LogP contribution in [0.5, 0.6) is 0 Å². The molecule has 158 valence electrons. The van der Waals surface area contributed by atoms with Crippen LogP contribution < -0.4 is 5.56 Å². The van der Waals surface area contributed by atoms with E-state index in [1.54, 1.807) is 10.7 Å². The smallest absolute Gasteiger partial charge is 0.267 e. The first-order valence-electron chi connectivity index (χ1n) is 11.3. The number of hydrogen-bond acceptors (Lipinski definition) is 4. The van der Waals surface area contributed by atoms with Gasteiger partial charge in [-0.15, -0.1) is 0 Å². The molecule has 1 atom stereocenters. The number of carbonyl (C=O) groups excluding carboxylic acids is 1. The summed E-state index contributed by atoms with van der Waals surface area (Å²) in [7, 11) is 0. The van der Waals surface area contributed by atoms with Crippen molar-refractivity contribution in [3.05, 3.63) is 63.1 Å². The molecule has 3 aliphatic rings. The first-order valence-corrected chi connectivity index (χ1v) is 11.3. The third kappa shape index (κ3) is 3.81. The van der Waals surface area contributed by atoms with Crippen molar-refractivity contribution in [2.24, 2.45) is 5.92 Å². The van der Waals surface area contributed by atoms with Crippen LogP contribution in [0.25, 0.3) is 0 Å². The summed E-state index contributed by atoms with van der Waals surface area (Å²) < 4.78 is 7.52. The highest BCUT2D eigenvalue weighted by molar-refractivity contribution is 5.83. The molecule has 30 heavy (non-hydrogen) atoms. The summed E-state index contributed by atoms with van der Waals surface area (Å²) in [4.78, 5) is 27.5. The van der Waals surface area contributed by atoms with Crippen LogP contribution >= 0.6 is 0 Å². The molecule has 6 nitrogen and oxygen atoms in total. The SMILES string of the molecule is O=C(C1OCCc2ccccc21)N1CCC(Cn2nc3c(cc2=O)CCCC3)CC1. The predicted octanol–water partition coefficient (Wildman–Crippen LogP) is 2.67. The maximum absolute atomic E-state index is 13.1. The number of aromatic nitrogens is 2. The Bertz CT molecular complexity index is 991. The van der Waals surface area contributed by atoms with Gasteiger partial charge >= 0.3 is 0 Å². The van der Waals surface area contributed by atoms with Crippen LogP contribution in [-0.2, 0) is 35.3 Å². The lowest BCUT2D eigenvalue weighted by atomic mass is 9.93. The summed E-state index contributed by atoms with van der Waals surface area (Å²) in [6.45, 7) is 2.67. The van der Waals surface area contributed by atoms with E-state index in [0.717, 1.165) is 61.8 Å². The molecule has 0 bridgehead atoms. The molecule has 1 amide bonds. The number of benzene rings is 1. The van der Waals surface area contributed by atoms with E-state index in [9.17, 15) is 9.59 Å². The molecule has 2 aliphatic heterocycles. The average molecular weight is 408 g/mol. The molecule has 0 saturated carbocycles. The molecule has 6 heteroatoms. The molecule has 1 saturated heterocycles. The minimum Gasteiger partial charge on any atom is -0.363 e. The number of ether oxygens (including phenoxy) is 1. The fourth-order valence-electron chi connectivity index (χ4n) is 5.08. The van der Waals surface area contributed by atoms with Gasteiger partial charge in [0.15, 0.2) is 6.10 Å². The Morgan fingerprint density at radius 1 is 1.07 bits per heavy atom. The molecule has 0 radical (unpaired) electrons. The number of aryl methyl sites for hydroxylation is 2. The van der Waals surface area contributed by atoms with Crippen LogP contribution in [0, 0.1) is 5.92 Å². The lowest BCUT2D eigenvalue weighted by molar-refractivity contribution is -0.146. The van der Waals surface area contributed by atoms with Crippen molar-refractivity contribution in [3.63, 3.8) is 0 Å². The van der Waals surface area contributed by atoms with Crippen molar-refractivity contribution in [1.82, 2.24) is 14.7 Å². The summed E-state index contributed by atoms with van der Waals surface area (Å²) in [5, 5.41) is 4.66. The van der Waals surface area contributed by atoms with Gasteiger partial charge in [0.2, 0.25) is 0 Å². The molecule has 0 spiro atoms. The van der Waals surface area contributed by atoms with Gasteiger partial charge in [0.05, 0.1) is 12.3 Å². The zero-order valence-electron chi connectivity index (χ0n) is 17.4. The molecule has 1 aromatic carbocycles. The molecule has 1 unspecified atom stereocenters. The maximum Gasteiger partial charge on any atom is 0.267 e. The highest BCUT2D eigenvalue weighted by Crippen LogP contribution is 2.30. The number of hydrogen-bond donors (Lipinski definition) is 0.